The van der Waals surface area contributed by atoms with Gasteiger partial charge in [-0.2, -0.15) is 0 Å². The van der Waals surface area contributed by atoms with Crippen LogP contribution in [0.3, 0.4) is 0 Å². The second-order valence-corrected chi connectivity index (χ2v) is 11.3. The second-order valence-electron chi connectivity index (χ2n) is 10.9. The van der Waals surface area contributed by atoms with E-state index in [2.05, 4.69) is 5.16 Å². The highest BCUT2D eigenvalue weighted by Gasteiger charge is 2.50. The number of carboxylic acid groups (broad SMARTS) is 1. The Kier molecular flexibility index (Phi) is 7.40. The zero-order valence-corrected chi connectivity index (χ0v) is 22.6. The van der Waals surface area contributed by atoms with E-state index in [9.17, 15) is 19.5 Å². The fourth-order valence-electron chi connectivity index (χ4n) is 6.25. The molecule has 2 aromatic rings. The maximum Gasteiger partial charge on any atom is 0.310 e. The number of ether oxygens (including phenoxy) is 1. The Balaban J connectivity index is 1.54. The van der Waals surface area contributed by atoms with Crippen LogP contribution in [0.15, 0.2) is 22.9 Å². The zero-order chi connectivity index (χ0) is 27.0. The summed E-state index contributed by atoms with van der Waals surface area (Å²) in [6, 6.07) is 3.09. The molecular weight excluding hydrogens is 510 g/mol. The van der Waals surface area contributed by atoms with Crippen LogP contribution in [0, 0.1) is 18.3 Å². The Morgan fingerprint density at radius 1 is 1.24 bits per heavy atom. The minimum absolute atomic E-state index is 0.0558. The molecule has 10 heteroatoms. The Labute approximate surface area is 227 Å². The number of carboxylic acids is 1. The Morgan fingerprint density at radius 3 is 2.74 bits per heavy atom. The van der Waals surface area contributed by atoms with Crippen molar-refractivity contribution in [3.05, 3.63) is 45.8 Å². The normalized spacial score (nSPS) is 25.4. The molecule has 38 heavy (non-hydrogen) atoms. The number of carbonyl (C=O) groups is 3. The maximum absolute atomic E-state index is 14.2. The number of aliphatic carboxylic acids is 1. The van der Waals surface area contributed by atoms with Gasteiger partial charge in [0.1, 0.15) is 24.3 Å². The van der Waals surface area contributed by atoms with E-state index in [1.165, 1.54) is 0 Å². The summed E-state index contributed by atoms with van der Waals surface area (Å²) < 4.78 is 11.3. The zero-order valence-electron chi connectivity index (χ0n) is 21.9. The molecule has 1 saturated carbocycles. The molecule has 3 aliphatic rings. The first-order chi connectivity index (χ1) is 18.2. The van der Waals surface area contributed by atoms with Crippen LogP contribution < -0.4 is 4.74 Å². The molecule has 3 atom stereocenters. The Morgan fingerprint density at radius 2 is 2.05 bits per heavy atom. The highest BCUT2D eigenvalue weighted by Crippen LogP contribution is 2.46. The first-order valence-electron chi connectivity index (χ1n) is 13.4. The van der Waals surface area contributed by atoms with Gasteiger partial charge < -0.3 is 24.2 Å². The SMILES string of the molecule is Cc1conc1COc1ccc(Cl)c2c1[C@@H](CN1CCCC1=O)N(C(=O)C1CCCCC1(C)C(=O)O)CC2. The fraction of sp³-hybridized carbons (Fsp3) is 0.571. The number of aryl methyl sites for hydroxylation is 1. The average Bonchev–Trinajstić information content (AvgIpc) is 3.50. The van der Waals surface area contributed by atoms with Crippen molar-refractivity contribution in [1.82, 2.24) is 15.0 Å². The van der Waals surface area contributed by atoms with E-state index in [1.807, 2.05) is 6.92 Å². The van der Waals surface area contributed by atoms with E-state index in [0.717, 1.165) is 36.0 Å². The van der Waals surface area contributed by atoms with Crippen molar-refractivity contribution in [2.45, 2.75) is 71.4 Å². The average molecular weight is 544 g/mol. The molecule has 2 amide bonds. The van der Waals surface area contributed by atoms with Gasteiger partial charge >= 0.3 is 5.97 Å². The number of likely N-dealkylation sites (tertiary alicyclic amines) is 1. The summed E-state index contributed by atoms with van der Waals surface area (Å²) in [4.78, 5) is 42.8. The van der Waals surface area contributed by atoms with Gasteiger partial charge in [0.2, 0.25) is 11.8 Å². The molecule has 204 valence electrons. The lowest BCUT2D eigenvalue weighted by Gasteiger charge is -2.45. The number of amides is 2. The molecular formula is C28H34ClN3O6. The van der Waals surface area contributed by atoms with E-state index < -0.39 is 23.3 Å². The minimum Gasteiger partial charge on any atom is -0.487 e. The van der Waals surface area contributed by atoms with Crippen molar-refractivity contribution in [3.63, 3.8) is 0 Å². The van der Waals surface area contributed by atoms with Gasteiger partial charge in [0, 0.05) is 42.2 Å². The van der Waals surface area contributed by atoms with Crippen LogP contribution in [-0.4, -0.2) is 57.5 Å². The molecule has 1 aliphatic carbocycles. The maximum atomic E-state index is 14.2. The van der Waals surface area contributed by atoms with E-state index in [1.54, 1.807) is 35.1 Å². The quantitative estimate of drug-likeness (QED) is 0.545. The largest absolute Gasteiger partial charge is 0.487 e. The van der Waals surface area contributed by atoms with Gasteiger partial charge in [-0.05, 0) is 57.2 Å². The number of halogens is 1. The Hall–Kier alpha value is -3.07. The van der Waals surface area contributed by atoms with E-state index in [4.69, 9.17) is 20.9 Å². The smallest absolute Gasteiger partial charge is 0.310 e. The lowest BCUT2D eigenvalue weighted by atomic mass is 9.66. The third kappa shape index (κ3) is 4.77. The van der Waals surface area contributed by atoms with Crippen molar-refractivity contribution in [3.8, 4) is 5.75 Å². The van der Waals surface area contributed by atoms with Crippen LogP contribution in [-0.2, 0) is 27.4 Å². The number of aromatic nitrogens is 1. The van der Waals surface area contributed by atoms with Gasteiger partial charge in [0.15, 0.2) is 0 Å². The van der Waals surface area contributed by atoms with Crippen LogP contribution in [0.4, 0.5) is 0 Å². The number of hydrogen-bond acceptors (Lipinski definition) is 6. The summed E-state index contributed by atoms with van der Waals surface area (Å²) in [5.41, 5.74) is 2.09. The molecule has 1 aromatic heterocycles. The van der Waals surface area contributed by atoms with Gasteiger partial charge in [-0.25, -0.2) is 0 Å². The highest BCUT2D eigenvalue weighted by atomic mass is 35.5. The number of nitrogens with zero attached hydrogens (tertiary/aromatic N) is 3. The number of carbonyl (C=O) groups excluding carboxylic acids is 2. The molecule has 0 spiro atoms. The van der Waals surface area contributed by atoms with E-state index in [0.29, 0.717) is 61.8 Å². The standard InChI is InChI=1S/C28H34ClN3O6/c1-17-15-38-30-21(17)16-37-23-9-8-20(29)18-10-13-32(22(25(18)23)14-31-12-5-7-24(31)33)26(34)19-6-3-4-11-28(19,2)27(35)36/h8-9,15,19,22H,3-7,10-14,16H2,1-2H3,(H,35,36)/t19?,22-,28?/m1/s1. The summed E-state index contributed by atoms with van der Waals surface area (Å²) in [7, 11) is 0. The predicted octanol–water partition coefficient (Wildman–Crippen LogP) is 4.54. The fourth-order valence-corrected chi connectivity index (χ4v) is 6.51. The van der Waals surface area contributed by atoms with Crippen LogP contribution in [0.25, 0.3) is 0 Å². The van der Waals surface area contributed by atoms with E-state index in [-0.39, 0.29) is 18.4 Å². The summed E-state index contributed by atoms with van der Waals surface area (Å²) in [5.74, 6) is -1.11. The van der Waals surface area contributed by atoms with Crippen molar-refractivity contribution in [1.29, 1.82) is 0 Å². The lowest BCUT2D eigenvalue weighted by molar-refractivity contribution is -0.162. The summed E-state index contributed by atoms with van der Waals surface area (Å²) >= 11 is 6.67. The van der Waals surface area contributed by atoms with Crippen molar-refractivity contribution in [2.24, 2.45) is 11.3 Å². The molecule has 0 bridgehead atoms. The first kappa shape index (κ1) is 26.5. The number of benzene rings is 1. The van der Waals surface area contributed by atoms with Crippen LogP contribution in [0.1, 0.15) is 73.9 Å². The molecule has 1 saturated heterocycles. The topological polar surface area (TPSA) is 113 Å². The first-order valence-corrected chi connectivity index (χ1v) is 13.7. The molecule has 0 radical (unpaired) electrons. The van der Waals surface area contributed by atoms with Crippen molar-refractivity contribution in [2.75, 3.05) is 19.6 Å². The summed E-state index contributed by atoms with van der Waals surface area (Å²) in [6.45, 7) is 5.10. The predicted molar refractivity (Wildman–Crippen MR) is 139 cm³/mol. The monoisotopic (exact) mass is 543 g/mol. The van der Waals surface area contributed by atoms with Crippen LogP contribution >= 0.6 is 11.6 Å². The van der Waals surface area contributed by atoms with Crippen LogP contribution in [0.5, 0.6) is 5.75 Å². The van der Waals surface area contributed by atoms with Gasteiger partial charge in [0.05, 0.1) is 17.4 Å². The van der Waals surface area contributed by atoms with Gasteiger partial charge in [0.25, 0.3) is 0 Å². The third-order valence-electron chi connectivity index (χ3n) is 8.63. The minimum atomic E-state index is -1.12. The molecule has 5 rings (SSSR count). The van der Waals surface area contributed by atoms with E-state index >= 15 is 0 Å². The van der Waals surface area contributed by atoms with Gasteiger partial charge in [-0.15, -0.1) is 0 Å². The molecule has 1 aromatic carbocycles. The third-order valence-corrected chi connectivity index (χ3v) is 8.98. The highest BCUT2D eigenvalue weighted by molar-refractivity contribution is 6.31. The van der Waals surface area contributed by atoms with Crippen molar-refractivity contribution < 1.29 is 28.8 Å². The summed E-state index contributed by atoms with van der Waals surface area (Å²) in [5, 5.41) is 14.7. The molecule has 1 N–H and O–H groups in total. The summed E-state index contributed by atoms with van der Waals surface area (Å²) in [6.07, 6.45) is 5.93. The van der Waals surface area contributed by atoms with Crippen molar-refractivity contribution >= 4 is 29.4 Å². The number of hydrogen-bond donors (Lipinski definition) is 1. The molecule has 2 aliphatic heterocycles. The Bertz CT molecular complexity index is 1250. The lowest BCUT2D eigenvalue weighted by Crippen LogP contribution is -2.52. The molecule has 3 heterocycles. The second kappa shape index (κ2) is 10.6. The number of fused-ring (bicyclic) bond motifs is 1. The van der Waals surface area contributed by atoms with Crippen LogP contribution in [0.2, 0.25) is 5.02 Å². The van der Waals surface area contributed by atoms with Gasteiger partial charge in [-0.3, -0.25) is 14.4 Å². The molecule has 9 nitrogen and oxygen atoms in total. The van der Waals surface area contributed by atoms with Gasteiger partial charge in [-0.1, -0.05) is 29.6 Å². The number of rotatable bonds is 7. The molecule has 2 unspecified atom stereocenters. The molecule has 2 fully saturated rings.